The minimum absolute atomic E-state index is 0.145. The van der Waals surface area contributed by atoms with Crippen LogP contribution in [0.3, 0.4) is 0 Å². The SMILES string of the molecule is CCOc1ccc2c(C(F)F)[nH]nc2c1. The minimum atomic E-state index is -2.53. The van der Waals surface area contributed by atoms with E-state index in [1.165, 1.54) is 0 Å². The lowest BCUT2D eigenvalue weighted by atomic mass is 10.2. The van der Waals surface area contributed by atoms with E-state index in [1.54, 1.807) is 18.2 Å². The fraction of sp³-hybridized carbons (Fsp3) is 0.300. The predicted octanol–water partition coefficient (Wildman–Crippen LogP) is 2.90. The van der Waals surface area contributed by atoms with Crippen LogP contribution in [-0.2, 0) is 0 Å². The van der Waals surface area contributed by atoms with Gasteiger partial charge in [-0.15, -0.1) is 0 Å². The average Bonchev–Trinajstić information content (AvgIpc) is 2.61. The fourth-order valence-corrected chi connectivity index (χ4v) is 1.44. The highest BCUT2D eigenvalue weighted by Crippen LogP contribution is 2.27. The number of ether oxygens (including phenoxy) is 1. The maximum atomic E-state index is 12.5. The Balaban J connectivity index is 2.47. The number of H-pyrrole nitrogens is 1. The second kappa shape index (κ2) is 3.84. The molecule has 0 atom stereocenters. The molecule has 80 valence electrons. The van der Waals surface area contributed by atoms with Gasteiger partial charge in [0, 0.05) is 11.5 Å². The highest BCUT2D eigenvalue weighted by atomic mass is 19.3. The number of nitrogens with zero attached hydrogens (tertiary/aromatic N) is 1. The molecule has 0 bridgehead atoms. The highest BCUT2D eigenvalue weighted by molar-refractivity contribution is 5.82. The quantitative estimate of drug-likeness (QED) is 0.849. The average molecular weight is 212 g/mol. The first-order chi connectivity index (χ1) is 7.22. The van der Waals surface area contributed by atoms with Gasteiger partial charge in [0.05, 0.1) is 12.1 Å². The number of nitrogens with one attached hydrogen (secondary N) is 1. The van der Waals surface area contributed by atoms with Crippen LogP contribution >= 0.6 is 0 Å². The van der Waals surface area contributed by atoms with Gasteiger partial charge in [-0.3, -0.25) is 5.10 Å². The first kappa shape index (κ1) is 9.89. The van der Waals surface area contributed by atoms with Crippen molar-refractivity contribution in [3.05, 3.63) is 23.9 Å². The summed E-state index contributed by atoms with van der Waals surface area (Å²) >= 11 is 0. The standard InChI is InChI=1S/C10H10F2N2O/c1-2-15-6-3-4-7-8(5-6)13-14-9(7)10(11)12/h3-5,10H,2H2,1H3,(H,13,14). The Kier molecular flexibility index (Phi) is 2.53. The third kappa shape index (κ3) is 1.77. The Bertz CT molecular complexity index is 467. The maximum Gasteiger partial charge on any atom is 0.280 e. The van der Waals surface area contributed by atoms with Gasteiger partial charge in [0.15, 0.2) is 0 Å². The van der Waals surface area contributed by atoms with Crippen molar-refractivity contribution in [3.8, 4) is 5.75 Å². The van der Waals surface area contributed by atoms with E-state index in [2.05, 4.69) is 10.2 Å². The van der Waals surface area contributed by atoms with Gasteiger partial charge in [0.2, 0.25) is 0 Å². The lowest BCUT2D eigenvalue weighted by Gasteiger charge is -2.01. The Morgan fingerprint density at radius 2 is 2.27 bits per heavy atom. The van der Waals surface area contributed by atoms with Crippen LogP contribution in [0.2, 0.25) is 0 Å². The molecule has 0 saturated carbocycles. The second-order valence-corrected chi connectivity index (χ2v) is 3.05. The fourth-order valence-electron chi connectivity index (χ4n) is 1.44. The molecule has 0 fully saturated rings. The van der Waals surface area contributed by atoms with Crippen molar-refractivity contribution >= 4 is 10.9 Å². The Hall–Kier alpha value is -1.65. The van der Waals surface area contributed by atoms with Crippen molar-refractivity contribution in [1.82, 2.24) is 10.2 Å². The summed E-state index contributed by atoms with van der Waals surface area (Å²) in [6.45, 7) is 2.40. The molecule has 1 heterocycles. The number of hydrogen-bond acceptors (Lipinski definition) is 2. The topological polar surface area (TPSA) is 37.9 Å². The Labute approximate surface area is 85.0 Å². The zero-order valence-electron chi connectivity index (χ0n) is 8.13. The van der Waals surface area contributed by atoms with Crippen LogP contribution in [0.25, 0.3) is 10.9 Å². The summed E-state index contributed by atoms with van der Waals surface area (Å²) in [6.07, 6.45) is -2.53. The van der Waals surface area contributed by atoms with E-state index < -0.39 is 6.43 Å². The second-order valence-electron chi connectivity index (χ2n) is 3.05. The lowest BCUT2D eigenvalue weighted by Crippen LogP contribution is -1.90. The number of fused-ring (bicyclic) bond motifs is 1. The Morgan fingerprint density at radius 1 is 1.47 bits per heavy atom. The normalized spacial score (nSPS) is 11.2. The van der Waals surface area contributed by atoms with Crippen molar-refractivity contribution in [2.24, 2.45) is 0 Å². The summed E-state index contributed by atoms with van der Waals surface area (Å²) < 4.78 is 30.2. The van der Waals surface area contributed by atoms with E-state index >= 15 is 0 Å². The molecule has 0 unspecified atom stereocenters. The summed E-state index contributed by atoms with van der Waals surface area (Å²) in [6, 6.07) is 4.89. The zero-order valence-corrected chi connectivity index (χ0v) is 8.13. The van der Waals surface area contributed by atoms with Crippen LogP contribution in [0.1, 0.15) is 19.0 Å². The van der Waals surface area contributed by atoms with Gasteiger partial charge in [0.1, 0.15) is 11.4 Å². The van der Waals surface area contributed by atoms with Crippen LogP contribution in [0, 0.1) is 0 Å². The van der Waals surface area contributed by atoms with Crippen LogP contribution < -0.4 is 4.74 Å². The molecule has 3 nitrogen and oxygen atoms in total. The molecule has 15 heavy (non-hydrogen) atoms. The van der Waals surface area contributed by atoms with Crippen molar-refractivity contribution in [1.29, 1.82) is 0 Å². The van der Waals surface area contributed by atoms with Crippen molar-refractivity contribution in [2.75, 3.05) is 6.61 Å². The minimum Gasteiger partial charge on any atom is -0.494 e. The zero-order chi connectivity index (χ0) is 10.8. The predicted molar refractivity (Wildman–Crippen MR) is 52.2 cm³/mol. The number of alkyl halides is 2. The maximum absolute atomic E-state index is 12.5. The molecular formula is C10H10F2N2O. The molecule has 1 aromatic heterocycles. The van der Waals surface area contributed by atoms with Crippen LogP contribution in [0.5, 0.6) is 5.75 Å². The van der Waals surface area contributed by atoms with E-state index in [9.17, 15) is 8.78 Å². The summed E-state index contributed by atoms with van der Waals surface area (Å²) in [5.41, 5.74) is 0.351. The van der Waals surface area contributed by atoms with E-state index in [-0.39, 0.29) is 5.69 Å². The van der Waals surface area contributed by atoms with Crippen LogP contribution in [-0.4, -0.2) is 16.8 Å². The summed E-state index contributed by atoms with van der Waals surface area (Å²) in [4.78, 5) is 0. The first-order valence-electron chi connectivity index (χ1n) is 4.61. The van der Waals surface area contributed by atoms with Crippen LogP contribution in [0.4, 0.5) is 8.78 Å². The van der Waals surface area contributed by atoms with Gasteiger partial charge in [-0.2, -0.15) is 5.10 Å². The first-order valence-corrected chi connectivity index (χ1v) is 4.61. The molecular weight excluding hydrogens is 202 g/mol. The van der Waals surface area contributed by atoms with Crippen molar-refractivity contribution in [3.63, 3.8) is 0 Å². The molecule has 5 heteroatoms. The third-order valence-corrected chi connectivity index (χ3v) is 2.09. The molecule has 1 aromatic carbocycles. The monoisotopic (exact) mass is 212 g/mol. The molecule has 0 aliphatic rings. The number of rotatable bonds is 3. The summed E-state index contributed by atoms with van der Waals surface area (Å²) in [5.74, 6) is 0.636. The largest absolute Gasteiger partial charge is 0.494 e. The molecule has 0 spiro atoms. The van der Waals surface area contributed by atoms with Gasteiger partial charge in [0.25, 0.3) is 6.43 Å². The van der Waals surface area contributed by atoms with Gasteiger partial charge < -0.3 is 4.74 Å². The van der Waals surface area contributed by atoms with Gasteiger partial charge in [-0.1, -0.05) is 0 Å². The molecule has 0 radical (unpaired) electrons. The summed E-state index contributed by atoms with van der Waals surface area (Å²) in [5, 5.41) is 6.56. The smallest absolute Gasteiger partial charge is 0.280 e. The third-order valence-electron chi connectivity index (χ3n) is 2.09. The van der Waals surface area contributed by atoms with E-state index in [1.807, 2.05) is 6.92 Å². The number of hydrogen-bond donors (Lipinski definition) is 1. The molecule has 1 N–H and O–H groups in total. The number of aromatic amines is 1. The molecule has 0 amide bonds. The van der Waals surface area contributed by atoms with Gasteiger partial charge >= 0.3 is 0 Å². The highest BCUT2D eigenvalue weighted by Gasteiger charge is 2.14. The number of benzene rings is 1. The molecule has 0 aliphatic carbocycles. The lowest BCUT2D eigenvalue weighted by molar-refractivity contribution is 0.147. The van der Waals surface area contributed by atoms with E-state index in [4.69, 9.17) is 4.74 Å². The molecule has 2 aromatic rings. The molecule has 0 aliphatic heterocycles. The number of aromatic nitrogens is 2. The number of halogens is 2. The van der Waals surface area contributed by atoms with E-state index in [0.29, 0.717) is 23.3 Å². The Morgan fingerprint density at radius 3 is 2.93 bits per heavy atom. The van der Waals surface area contributed by atoms with Crippen molar-refractivity contribution < 1.29 is 13.5 Å². The summed E-state index contributed by atoms with van der Waals surface area (Å²) in [7, 11) is 0. The molecule has 0 saturated heterocycles. The molecule has 2 rings (SSSR count). The van der Waals surface area contributed by atoms with Crippen LogP contribution in [0.15, 0.2) is 18.2 Å². The van der Waals surface area contributed by atoms with Gasteiger partial charge in [-0.05, 0) is 19.1 Å². The van der Waals surface area contributed by atoms with E-state index in [0.717, 1.165) is 0 Å². The van der Waals surface area contributed by atoms with Crippen molar-refractivity contribution in [2.45, 2.75) is 13.3 Å². The van der Waals surface area contributed by atoms with Gasteiger partial charge in [-0.25, -0.2) is 8.78 Å².